The highest BCUT2D eigenvalue weighted by Gasteiger charge is 2.44. The van der Waals surface area contributed by atoms with Crippen LogP contribution in [0.25, 0.3) is 0 Å². The van der Waals surface area contributed by atoms with Gasteiger partial charge in [-0.15, -0.1) is 0 Å². The number of hydrogen-bond acceptors (Lipinski definition) is 2. The SMILES string of the molecule is Cc1ccc(N2C(=O)N(C[NH+](C)Cc3cccc(F)c3)C(=O)[C@H]2C)cc1. The fourth-order valence-corrected chi connectivity index (χ4v) is 3.23. The highest BCUT2D eigenvalue weighted by molar-refractivity contribution is 6.13. The van der Waals surface area contributed by atoms with E-state index in [0.29, 0.717) is 12.2 Å². The van der Waals surface area contributed by atoms with Crippen molar-refractivity contribution in [3.8, 4) is 0 Å². The van der Waals surface area contributed by atoms with E-state index in [0.717, 1.165) is 16.0 Å². The molecule has 1 saturated heterocycles. The molecule has 2 aromatic carbocycles. The number of urea groups is 1. The third kappa shape index (κ3) is 3.60. The summed E-state index contributed by atoms with van der Waals surface area (Å²) in [5.74, 6) is -0.503. The largest absolute Gasteiger partial charge is 0.336 e. The number of nitrogens with one attached hydrogen (secondary N) is 1. The van der Waals surface area contributed by atoms with Crippen molar-refractivity contribution in [1.82, 2.24) is 4.90 Å². The number of nitrogens with zero attached hydrogens (tertiary/aromatic N) is 2. The molecular weight excluding hydrogens is 333 g/mol. The zero-order chi connectivity index (χ0) is 18.8. The summed E-state index contributed by atoms with van der Waals surface area (Å²) in [4.78, 5) is 29.1. The lowest BCUT2D eigenvalue weighted by Gasteiger charge is -2.21. The minimum absolute atomic E-state index is 0.214. The number of halogens is 1. The van der Waals surface area contributed by atoms with Gasteiger partial charge in [0.15, 0.2) is 6.67 Å². The van der Waals surface area contributed by atoms with Gasteiger partial charge < -0.3 is 4.90 Å². The van der Waals surface area contributed by atoms with Crippen molar-refractivity contribution in [2.45, 2.75) is 26.4 Å². The number of amides is 3. The molecule has 0 radical (unpaired) electrons. The third-order valence-corrected chi connectivity index (χ3v) is 4.58. The summed E-state index contributed by atoms with van der Waals surface area (Å²) in [6, 6.07) is 13.1. The van der Waals surface area contributed by atoms with E-state index >= 15 is 0 Å². The number of carbonyl (C=O) groups excluding carboxylic acids is 2. The third-order valence-electron chi connectivity index (χ3n) is 4.58. The molecule has 1 N–H and O–H groups in total. The Labute approximate surface area is 152 Å². The highest BCUT2D eigenvalue weighted by Crippen LogP contribution is 2.25. The van der Waals surface area contributed by atoms with Gasteiger partial charge in [0.25, 0.3) is 5.91 Å². The molecule has 0 bridgehead atoms. The molecule has 1 fully saturated rings. The number of hydrogen-bond donors (Lipinski definition) is 1. The maximum atomic E-state index is 13.3. The van der Waals surface area contributed by atoms with E-state index < -0.39 is 6.04 Å². The maximum absolute atomic E-state index is 13.3. The summed E-state index contributed by atoms with van der Waals surface area (Å²) in [6.45, 7) is 4.47. The molecule has 0 aliphatic carbocycles. The first-order chi connectivity index (χ1) is 12.4. The zero-order valence-corrected chi connectivity index (χ0v) is 15.2. The smallest absolute Gasteiger partial charge is 0.316 e. The molecule has 5 nitrogen and oxygen atoms in total. The van der Waals surface area contributed by atoms with Gasteiger partial charge in [0.1, 0.15) is 18.4 Å². The molecule has 1 heterocycles. The molecule has 0 aromatic heterocycles. The molecule has 136 valence electrons. The van der Waals surface area contributed by atoms with E-state index in [4.69, 9.17) is 0 Å². The second-order valence-electron chi connectivity index (χ2n) is 6.85. The van der Waals surface area contributed by atoms with Crippen LogP contribution >= 0.6 is 0 Å². The first-order valence-electron chi connectivity index (χ1n) is 8.64. The van der Waals surface area contributed by atoms with E-state index in [-0.39, 0.29) is 24.4 Å². The van der Waals surface area contributed by atoms with Gasteiger partial charge >= 0.3 is 6.03 Å². The molecule has 26 heavy (non-hydrogen) atoms. The van der Waals surface area contributed by atoms with Crippen LogP contribution in [-0.4, -0.2) is 36.6 Å². The number of rotatable bonds is 5. The van der Waals surface area contributed by atoms with Gasteiger partial charge in [-0.2, -0.15) is 0 Å². The summed E-state index contributed by atoms with van der Waals surface area (Å²) >= 11 is 0. The van der Waals surface area contributed by atoms with Crippen molar-refractivity contribution in [2.75, 3.05) is 18.6 Å². The Bertz CT molecular complexity index is 822. The number of carbonyl (C=O) groups is 2. The monoisotopic (exact) mass is 356 g/mol. The average molecular weight is 356 g/mol. The van der Waals surface area contributed by atoms with Crippen molar-refractivity contribution in [2.24, 2.45) is 0 Å². The van der Waals surface area contributed by atoms with Crippen LogP contribution in [0.4, 0.5) is 14.9 Å². The molecule has 2 aromatic rings. The fourth-order valence-electron chi connectivity index (χ4n) is 3.23. The van der Waals surface area contributed by atoms with E-state index in [1.807, 2.05) is 44.3 Å². The summed E-state index contributed by atoms with van der Waals surface area (Å²) in [7, 11) is 1.88. The highest BCUT2D eigenvalue weighted by atomic mass is 19.1. The quantitative estimate of drug-likeness (QED) is 0.833. The van der Waals surface area contributed by atoms with Gasteiger partial charge in [-0.3, -0.25) is 9.69 Å². The van der Waals surface area contributed by atoms with Gasteiger partial charge in [-0.1, -0.05) is 29.8 Å². The molecule has 0 spiro atoms. The van der Waals surface area contributed by atoms with Crippen molar-refractivity contribution < 1.29 is 18.9 Å². The second-order valence-corrected chi connectivity index (χ2v) is 6.85. The Morgan fingerprint density at radius 2 is 1.81 bits per heavy atom. The summed E-state index contributed by atoms with van der Waals surface area (Å²) < 4.78 is 13.3. The number of quaternary nitrogens is 1. The lowest BCUT2D eigenvalue weighted by Crippen LogP contribution is -3.09. The van der Waals surface area contributed by atoms with Crippen LogP contribution in [0.1, 0.15) is 18.1 Å². The van der Waals surface area contributed by atoms with Crippen LogP contribution in [-0.2, 0) is 11.3 Å². The van der Waals surface area contributed by atoms with Gasteiger partial charge in [0.2, 0.25) is 0 Å². The number of benzene rings is 2. The Hall–Kier alpha value is -2.73. The van der Waals surface area contributed by atoms with Crippen molar-refractivity contribution in [3.63, 3.8) is 0 Å². The lowest BCUT2D eigenvalue weighted by molar-refractivity contribution is -0.901. The van der Waals surface area contributed by atoms with Crippen molar-refractivity contribution in [1.29, 1.82) is 0 Å². The number of anilines is 1. The predicted molar refractivity (Wildman–Crippen MR) is 97.2 cm³/mol. The van der Waals surface area contributed by atoms with E-state index in [1.165, 1.54) is 21.9 Å². The van der Waals surface area contributed by atoms with Crippen LogP contribution in [0.5, 0.6) is 0 Å². The van der Waals surface area contributed by atoms with E-state index in [2.05, 4.69) is 0 Å². The minimum atomic E-state index is -0.535. The molecule has 1 unspecified atom stereocenters. The molecule has 3 amide bonds. The van der Waals surface area contributed by atoms with Gasteiger partial charge in [0.05, 0.1) is 7.05 Å². The Morgan fingerprint density at radius 1 is 1.12 bits per heavy atom. The topological polar surface area (TPSA) is 45.1 Å². The standard InChI is InChI=1S/C20H22FN3O2/c1-14-7-9-18(10-8-14)24-15(2)19(25)23(20(24)26)13-22(3)12-16-5-4-6-17(21)11-16/h4-11,15H,12-13H2,1-3H3/p+1/t15-/m1/s1. The molecular formula is C20H23FN3O2+. The second kappa shape index (κ2) is 7.25. The molecule has 3 rings (SSSR count). The van der Waals surface area contributed by atoms with Crippen LogP contribution in [0.2, 0.25) is 0 Å². The van der Waals surface area contributed by atoms with E-state index in [9.17, 15) is 14.0 Å². The van der Waals surface area contributed by atoms with Crippen LogP contribution in [0.3, 0.4) is 0 Å². The molecule has 6 heteroatoms. The Kier molecular flexibility index (Phi) is 5.04. The number of aryl methyl sites for hydroxylation is 1. The van der Waals surface area contributed by atoms with E-state index in [1.54, 1.807) is 13.0 Å². The summed E-state index contributed by atoms with van der Waals surface area (Å²) in [5, 5.41) is 0. The van der Waals surface area contributed by atoms with Gasteiger partial charge in [-0.05, 0) is 38.1 Å². The van der Waals surface area contributed by atoms with Crippen molar-refractivity contribution in [3.05, 3.63) is 65.5 Å². The predicted octanol–water partition coefficient (Wildman–Crippen LogP) is 1.96. The Morgan fingerprint density at radius 3 is 2.46 bits per heavy atom. The minimum Gasteiger partial charge on any atom is -0.316 e. The van der Waals surface area contributed by atoms with Crippen molar-refractivity contribution >= 4 is 17.6 Å². The first-order valence-corrected chi connectivity index (χ1v) is 8.64. The molecule has 1 aliphatic rings. The normalized spacial score (nSPS) is 18.5. The zero-order valence-electron chi connectivity index (χ0n) is 15.2. The van der Waals surface area contributed by atoms with Gasteiger partial charge in [-0.25, -0.2) is 14.1 Å². The van der Waals surface area contributed by atoms with Crippen LogP contribution < -0.4 is 9.80 Å². The number of imide groups is 1. The molecule has 0 saturated carbocycles. The van der Waals surface area contributed by atoms with Gasteiger partial charge in [0, 0.05) is 11.3 Å². The first kappa shape index (κ1) is 18.1. The van der Waals surface area contributed by atoms with Crippen LogP contribution in [0, 0.1) is 12.7 Å². The molecule has 1 aliphatic heterocycles. The Balaban J connectivity index is 1.72. The maximum Gasteiger partial charge on any atom is 0.336 e. The molecule has 2 atom stereocenters. The van der Waals surface area contributed by atoms with Crippen LogP contribution in [0.15, 0.2) is 48.5 Å². The summed E-state index contributed by atoms with van der Waals surface area (Å²) in [5.41, 5.74) is 2.63. The average Bonchev–Trinajstić information content (AvgIpc) is 2.80. The lowest BCUT2D eigenvalue weighted by atomic mass is 10.2. The fraction of sp³-hybridized carbons (Fsp3) is 0.300. The summed E-state index contributed by atoms with van der Waals surface area (Å²) in [6.07, 6.45) is 0.